The van der Waals surface area contributed by atoms with E-state index in [0.717, 1.165) is 0 Å². The summed E-state index contributed by atoms with van der Waals surface area (Å²) >= 11 is 0. The Hall–Kier alpha value is 1.62. The van der Waals surface area contributed by atoms with Gasteiger partial charge >= 0.3 is 0 Å². The molecule has 0 amide bonds. The van der Waals surface area contributed by atoms with E-state index in [4.69, 9.17) is 0 Å². The van der Waals surface area contributed by atoms with Gasteiger partial charge in [0.05, 0.1) is 0 Å². The molecule has 0 saturated carbocycles. The van der Waals surface area contributed by atoms with Crippen molar-refractivity contribution in [3.05, 3.63) is 0 Å². The molecule has 0 heterocycles. The molecular weight excluding hydrogens is 728 g/mol. The van der Waals surface area contributed by atoms with Gasteiger partial charge in [0.1, 0.15) is 0 Å². The molecular formula is H22O11W3. The van der Waals surface area contributed by atoms with E-state index in [-0.39, 0.29) is 123 Å². The van der Waals surface area contributed by atoms with Crippen molar-refractivity contribution in [2.75, 3.05) is 0 Å². The summed E-state index contributed by atoms with van der Waals surface area (Å²) < 4.78 is 0. The molecule has 14 heteroatoms. The number of rotatable bonds is 0. The standard InChI is InChI=1S/11H2O.3W/h11*1H2;;;. The summed E-state index contributed by atoms with van der Waals surface area (Å²) in [6.45, 7) is 0. The van der Waals surface area contributed by atoms with Crippen LogP contribution in [0.1, 0.15) is 0 Å². The molecule has 0 saturated heterocycles. The average molecular weight is 750 g/mol. The maximum Gasteiger partial charge on any atom is 0 e. The molecule has 0 fully saturated rings. The third-order valence-corrected chi connectivity index (χ3v) is 0. The fraction of sp³-hybridized carbons (Fsp3) is 0. The average Bonchev–Trinajstić information content (AvgIpc) is 0. The Bertz CT molecular complexity index is 10.5. The van der Waals surface area contributed by atoms with Crippen LogP contribution in [0.5, 0.6) is 0 Å². The van der Waals surface area contributed by atoms with Gasteiger partial charge in [0.2, 0.25) is 0 Å². The molecule has 106 valence electrons. The van der Waals surface area contributed by atoms with Crippen molar-refractivity contribution in [1.29, 1.82) is 0 Å². The van der Waals surface area contributed by atoms with Crippen LogP contribution in [0.3, 0.4) is 0 Å². The summed E-state index contributed by atoms with van der Waals surface area (Å²) in [5.74, 6) is 0. The Morgan fingerprint density at radius 2 is 0.143 bits per heavy atom. The van der Waals surface area contributed by atoms with Crippen LogP contribution in [-0.4, -0.2) is 60.2 Å². The van der Waals surface area contributed by atoms with Crippen molar-refractivity contribution >= 4 is 0 Å². The van der Waals surface area contributed by atoms with Crippen LogP contribution in [0.25, 0.3) is 0 Å². The van der Waals surface area contributed by atoms with Gasteiger partial charge in [-0.05, 0) is 0 Å². The van der Waals surface area contributed by atoms with Gasteiger partial charge in [-0.3, -0.25) is 0 Å². The molecule has 11 nitrogen and oxygen atoms in total. The van der Waals surface area contributed by atoms with Crippen molar-refractivity contribution in [3.63, 3.8) is 0 Å². The van der Waals surface area contributed by atoms with Crippen LogP contribution in [0, 0.1) is 0 Å². The summed E-state index contributed by atoms with van der Waals surface area (Å²) in [7, 11) is 0. The molecule has 0 aromatic heterocycles. The third-order valence-electron chi connectivity index (χ3n) is 0. The van der Waals surface area contributed by atoms with E-state index >= 15 is 0 Å². The quantitative estimate of drug-likeness (QED) is 0.223. The van der Waals surface area contributed by atoms with E-state index in [9.17, 15) is 0 Å². The molecule has 0 radical (unpaired) electrons. The van der Waals surface area contributed by atoms with Gasteiger partial charge in [-0.1, -0.05) is 0 Å². The van der Waals surface area contributed by atoms with Crippen LogP contribution >= 0.6 is 0 Å². The molecule has 0 spiro atoms. The minimum atomic E-state index is 0. The maximum absolute atomic E-state index is 0. The van der Waals surface area contributed by atoms with Crippen LogP contribution in [-0.2, 0) is 63.2 Å². The van der Waals surface area contributed by atoms with Gasteiger partial charge < -0.3 is 60.2 Å². The maximum atomic E-state index is 0. The molecule has 0 atom stereocenters. The number of hydrogen-bond donors (Lipinski definition) is 0. The summed E-state index contributed by atoms with van der Waals surface area (Å²) in [5.41, 5.74) is 0. The molecule has 0 bridgehead atoms. The van der Waals surface area contributed by atoms with Crippen LogP contribution in [0.2, 0.25) is 0 Å². The SMILES string of the molecule is O.O.O.O.O.O.O.O.O.O.O.[W].[W].[W]. The Morgan fingerprint density at radius 1 is 0.143 bits per heavy atom. The Kier molecular flexibility index (Phi) is 93000. The Balaban J connectivity index is 0. The van der Waals surface area contributed by atoms with E-state index < -0.39 is 0 Å². The van der Waals surface area contributed by atoms with Gasteiger partial charge in [-0.15, -0.1) is 0 Å². The van der Waals surface area contributed by atoms with Crippen molar-refractivity contribution in [1.82, 2.24) is 0 Å². The number of hydrogen-bond acceptors (Lipinski definition) is 0. The second-order valence-corrected chi connectivity index (χ2v) is 0. The Morgan fingerprint density at radius 3 is 0.143 bits per heavy atom. The summed E-state index contributed by atoms with van der Waals surface area (Å²) in [5, 5.41) is 0. The monoisotopic (exact) mass is 750 g/mol. The third kappa shape index (κ3) is 822. The first-order valence-corrected chi connectivity index (χ1v) is 0. The van der Waals surface area contributed by atoms with Crippen molar-refractivity contribution in [2.24, 2.45) is 0 Å². The van der Waals surface area contributed by atoms with Crippen molar-refractivity contribution in [2.45, 2.75) is 0 Å². The molecule has 0 aliphatic carbocycles. The molecule has 0 aliphatic rings. The van der Waals surface area contributed by atoms with E-state index in [2.05, 4.69) is 0 Å². The van der Waals surface area contributed by atoms with Gasteiger partial charge in [-0.2, -0.15) is 0 Å². The van der Waals surface area contributed by atoms with Crippen LogP contribution < -0.4 is 0 Å². The minimum absolute atomic E-state index is 0. The topological polar surface area (TPSA) is 346 Å². The largest absolute Gasteiger partial charge is 0.412 e. The van der Waals surface area contributed by atoms with E-state index in [1.807, 2.05) is 0 Å². The Labute approximate surface area is 123 Å². The molecule has 0 aromatic rings. The van der Waals surface area contributed by atoms with Gasteiger partial charge in [0.25, 0.3) is 0 Å². The predicted octanol–water partition coefficient (Wildman–Crippen LogP) is -9.08. The van der Waals surface area contributed by atoms with Crippen molar-refractivity contribution in [3.8, 4) is 0 Å². The van der Waals surface area contributed by atoms with Gasteiger partial charge in [-0.25, -0.2) is 0 Å². The smallest absolute Gasteiger partial charge is 0 e. The van der Waals surface area contributed by atoms with Crippen LogP contribution in [0.4, 0.5) is 0 Å². The van der Waals surface area contributed by atoms with Crippen LogP contribution in [0.15, 0.2) is 0 Å². The minimum Gasteiger partial charge on any atom is -0.412 e. The first-order valence-electron chi connectivity index (χ1n) is 0. The zero-order valence-corrected chi connectivity index (χ0v) is 15.5. The second kappa shape index (κ2) is 1030. The predicted molar refractivity (Wildman–Crippen MR) is 39.8 cm³/mol. The summed E-state index contributed by atoms with van der Waals surface area (Å²) in [4.78, 5) is 0. The zero-order chi connectivity index (χ0) is 0. The molecule has 14 heavy (non-hydrogen) atoms. The molecule has 22 N–H and O–H groups in total. The normalized spacial score (nSPS) is 0. The summed E-state index contributed by atoms with van der Waals surface area (Å²) in [6, 6.07) is 0. The molecule has 0 aromatic carbocycles. The summed E-state index contributed by atoms with van der Waals surface area (Å²) in [6.07, 6.45) is 0. The van der Waals surface area contributed by atoms with Gasteiger partial charge in [0, 0.05) is 63.2 Å². The first kappa shape index (κ1) is 1270. The van der Waals surface area contributed by atoms with Crippen molar-refractivity contribution < 1.29 is 123 Å². The second-order valence-electron chi connectivity index (χ2n) is 0. The van der Waals surface area contributed by atoms with E-state index in [1.54, 1.807) is 0 Å². The molecule has 0 rings (SSSR count). The molecule has 0 aliphatic heterocycles. The van der Waals surface area contributed by atoms with Gasteiger partial charge in [0.15, 0.2) is 0 Å². The fourth-order valence-corrected chi connectivity index (χ4v) is 0. The zero-order valence-electron chi connectivity index (χ0n) is 6.72. The molecule has 0 unspecified atom stereocenters. The first-order chi connectivity index (χ1) is 0. The fourth-order valence-electron chi connectivity index (χ4n) is 0. The van der Waals surface area contributed by atoms with E-state index in [0.29, 0.717) is 0 Å². The van der Waals surface area contributed by atoms with E-state index in [1.165, 1.54) is 0 Å².